The van der Waals surface area contributed by atoms with Gasteiger partial charge in [-0.2, -0.15) is 4.74 Å². The van der Waals surface area contributed by atoms with Crippen LogP contribution in [0.1, 0.15) is 44.9 Å². The highest BCUT2D eigenvalue weighted by molar-refractivity contribution is 6.15. The van der Waals surface area contributed by atoms with Crippen LogP contribution in [0.4, 0.5) is 0 Å². The summed E-state index contributed by atoms with van der Waals surface area (Å²) >= 11 is 0. The maximum Gasteiger partial charge on any atom is 0.303 e. The highest BCUT2D eigenvalue weighted by Gasteiger charge is 2.74. The van der Waals surface area contributed by atoms with Crippen molar-refractivity contribution in [2.45, 2.75) is 56.2 Å². The SMILES string of the molecule is [O-][N+]1=C2CCC/C(=N/O)[C@@]2(O)[C@@H]2CCCC[C@@]21[NH+]1CCOCC1. The van der Waals surface area contributed by atoms with E-state index in [-0.39, 0.29) is 5.92 Å². The van der Waals surface area contributed by atoms with Crippen LogP contribution in [0.25, 0.3) is 0 Å². The first-order valence-electron chi connectivity index (χ1n) is 8.86. The van der Waals surface area contributed by atoms with Crippen LogP contribution in [0.5, 0.6) is 0 Å². The summed E-state index contributed by atoms with van der Waals surface area (Å²) in [5.41, 5.74) is -1.05. The lowest BCUT2D eigenvalue weighted by molar-refractivity contribution is -1.05. The van der Waals surface area contributed by atoms with E-state index in [1.165, 1.54) is 4.90 Å². The van der Waals surface area contributed by atoms with Gasteiger partial charge in [0.2, 0.25) is 11.3 Å². The van der Waals surface area contributed by atoms with E-state index in [9.17, 15) is 15.5 Å². The first-order valence-corrected chi connectivity index (χ1v) is 8.86. The molecule has 0 aromatic carbocycles. The monoisotopic (exact) mass is 324 g/mol. The number of hydrogen-bond donors (Lipinski definition) is 3. The van der Waals surface area contributed by atoms with Gasteiger partial charge in [-0.25, -0.2) is 0 Å². The van der Waals surface area contributed by atoms with Gasteiger partial charge in [0, 0.05) is 6.42 Å². The highest BCUT2D eigenvalue weighted by Crippen LogP contribution is 2.48. The molecule has 128 valence electrons. The first kappa shape index (κ1) is 15.4. The number of rotatable bonds is 1. The van der Waals surface area contributed by atoms with Crippen molar-refractivity contribution in [3.63, 3.8) is 0 Å². The predicted molar refractivity (Wildman–Crippen MR) is 82.9 cm³/mol. The smallest absolute Gasteiger partial charge is 0.303 e. The van der Waals surface area contributed by atoms with Crippen molar-refractivity contribution >= 4 is 11.4 Å². The molecule has 2 aliphatic heterocycles. The molecular weight excluding hydrogens is 298 g/mol. The number of aliphatic hydroxyl groups is 1. The van der Waals surface area contributed by atoms with Crippen molar-refractivity contribution < 1.29 is 24.7 Å². The van der Waals surface area contributed by atoms with Crippen LogP contribution in [0.2, 0.25) is 0 Å². The molecule has 0 aromatic heterocycles. The number of ether oxygens (including phenoxy) is 1. The van der Waals surface area contributed by atoms with Gasteiger partial charge in [0.1, 0.15) is 19.0 Å². The average molecular weight is 324 g/mol. The number of nitrogens with zero attached hydrogens (tertiary/aromatic N) is 2. The standard InChI is InChI=1S/C16H25N3O4/c20-16-12-4-1-2-7-15(12,18-8-10-23-11-9-18)19(22)14(16)6-3-5-13(16)17-21/h12,20-21H,1-11H2/p+1/b17-13-/t12-,15+,16+/m1/s1. The Morgan fingerprint density at radius 3 is 2.74 bits per heavy atom. The van der Waals surface area contributed by atoms with Crippen LogP contribution in [-0.2, 0) is 4.74 Å². The van der Waals surface area contributed by atoms with Crippen molar-refractivity contribution in [3.05, 3.63) is 5.21 Å². The molecule has 3 N–H and O–H groups in total. The number of hydroxylamine groups is 1. The second kappa shape index (κ2) is 5.43. The quantitative estimate of drug-likeness (QED) is 0.262. The number of quaternary nitrogens is 1. The zero-order valence-electron chi connectivity index (χ0n) is 13.5. The van der Waals surface area contributed by atoms with Crippen molar-refractivity contribution in [2.24, 2.45) is 11.1 Å². The Balaban J connectivity index is 1.85. The second-order valence-corrected chi connectivity index (χ2v) is 7.35. The van der Waals surface area contributed by atoms with Crippen molar-refractivity contribution in [2.75, 3.05) is 26.3 Å². The minimum atomic E-state index is -1.35. The van der Waals surface area contributed by atoms with Crippen molar-refractivity contribution in [1.82, 2.24) is 0 Å². The number of nitrogens with one attached hydrogen (secondary N) is 1. The van der Waals surface area contributed by atoms with E-state index in [1.807, 2.05) is 0 Å². The largest absolute Gasteiger partial charge is 0.619 e. The lowest BCUT2D eigenvalue weighted by Crippen LogP contribution is -3.24. The van der Waals surface area contributed by atoms with Gasteiger partial charge in [0.05, 0.1) is 25.3 Å². The first-order chi connectivity index (χ1) is 11.2. The van der Waals surface area contributed by atoms with Crippen LogP contribution >= 0.6 is 0 Å². The van der Waals surface area contributed by atoms with E-state index < -0.39 is 11.3 Å². The second-order valence-electron chi connectivity index (χ2n) is 7.35. The van der Waals surface area contributed by atoms with Crippen LogP contribution in [0, 0.1) is 11.1 Å². The molecule has 2 saturated carbocycles. The van der Waals surface area contributed by atoms with E-state index >= 15 is 0 Å². The molecule has 7 nitrogen and oxygen atoms in total. The molecule has 0 unspecified atom stereocenters. The van der Waals surface area contributed by atoms with Crippen LogP contribution < -0.4 is 4.90 Å². The molecule has 0 radical (unpaired) electrons. The topological polar surface area (TPSA) is 92.6 Å². The van der Waals surface area contributed by atoms with Gasteiger partial charge in [0.15, 0.2) is 0 Å². The van der Waals surface area contributed by atoms with Crippen LogP contribution in [-0.4, -0.2) is 64.0 Å². The molecule has 0 bridgehead atoms. The molecule has 4 aliphatic rings. The summed E-state index contributed by atoms with van der Waals surface area (Å²) in [6.45, 7) is 2.91. The predicted octanol–water partition coefficient (Wildman–Crippen LogP) is -0.502. The normalized spacial score (nSPS) is 43.5. The van der Waals surface area contributed by atoms with Gasteiger partial charge in [-0.3, -0.25) is 4.90 Å². The molecule has 1 saturated heterocycles. The molecule has 3 fully saturated rings. The molecular formula is C16H26N3O4+. The third kappa shape index (κ3) is 1.87. The summed E-state index contributed by atoms with van der Waals surface area (Å²) in [6.07, 6.45) is 5.55. The lowest BCUT2D eigenvalue weighted by Gasteiger charge is -2.45. The molecule has 2 aliphatic carbocycles. The Morgan fingerprint density at radius 1 is 1.22 bits per heavy atom. The summed E-state index contributed by atoms with van der Waals surface area (Å²) in [5, 5.41) is 37.8. The summed E-state index contributed by atoms with van der Waals surface area (Å²) in [6, 6.07) is 0. The van der Waals surface area contributed by atoms with E-state index in [0.29, 0.717) is 37.5 Å². The Hall–Kier alpha value is -1.18. The maximum absolute atomic E-state index is 13.4. The van der Waals surface area contributed by atoms with Gasteiger partial charge in [-0.15, -0.1) is 0 Å². The van der Waals surface area contributed by atoms with E-state index in [4.69, 9.17) is 4.74 Å². The van der Waals surface area contributed by atoms with Gasteiger partial charge in [-0.05, 0) is 25.7 Å². The number of hydrogen-bond acceptors (Lipinski definition) is 5. The highest BCUT2D eigenvalue weighted by atomic mass is 16.5. The molecule has 4 rings (SSSR count). The average Bonchev–Trinajstić information content (AvgIpc) is 2.82. The fourth-order valence-electron chi connectivity index (χ4n) is 5.57. The minimum absolute atomic E-state index is 0.185. The van der Waals surface area contributed by atoms with Crippen LogP contribution in [0.15, 0.2) is 5.16 Å². The lowest BCUT2D eigenvalue weighted by atomic mass is 9.65. The Kier molecular flexibility index (Phi) is 3.62. The van der Waals surface area contributed by atoms with Crippen LogP contribution in [0.3, 0.4) is 0 Å². The summed E-state index contributed by atoms with van der Waals surface area (Å²) in [7, 11) is 0. The molecule has 2 heterocycles. The van der Waals surface area contributed by atoms with E-state index in [0.717, 1.165) is 49.9 Å². The fourth-order valence-corrected chi connectivity index (χ4v) is 5.57. The third-order valence-corrected chi connectivity index (χ3v) is 6.53. The zero-order valence-corrected chi connectivity index (χ0v) is 13.5. The molecule has 23 heavy (non-hydrogen) atoms. The summed E-state index contributed by atoms with van der Waals surface area (Å²) in [4.78, 5) is 1.23. The third-order valence-electron chi connectivity index (χ3n) is 6.53. The Morgan fingerprint density at radius 2 is 2.00 bits per heavy atom. The molecule has 0 amide bonds. The summed E-state index contributed by atoms with van der Waals surface area (Å²) in [5.74, 6) is -0.185. The zero-order chi connectivity index (χ0) is 16.1. The van der Waals surface area contributed by atoms with Crippen molar-refractivity contribution in [1.29, 1.82) is 0 Å². The fraction of sp³-hybridized carbons (Fsp3) is 0.875. The van der Waals surface area contributed by atoms with Gasteiger partial charge in [-0.1, -0.05) is 11.6 Å². The van der Waals surface area contributed by atoms with Gasteiger partial charge >= 0.3 is 5.66 Å². The Bertz CT molecular complexity index is 558. The van der Waals surface area contributed by atoms with Gasteiger partial charge in [0.25, 0.3) is 0 Å². The Labute approximate surface area is 135 Å². The molecule has 0 aromatic rings. The molecule has 7 heteroatoms. The van der Waals surface area contributed by atoms with Gasteiger partial charge < -0.3 is 20.3 Å². The number of fused-ring (bicyclic) bond motifs is 3. The van der Waals surface area contributed by atoms with E-state index in [2.05, 4.69) is 5.16 Å². The van der Waals surface area contributed by atoms with E-state index in [1.54, 1.807) is 0 Å². The molecule has 3 atom stereocenters. The van der Waals surface area contributed by atoms with Crippen molar-refractivity contribution in [3.8, 4) is 0 Å². The number of oxime groups is 1. The minimum Gasteiger partial charge on any atom is -0.619 e. The molecule has 0 spiro atoms. The number of morpholine rings is 1. The maximum atomic E-state index is 13.4. The summed E-state index contributed by atoms with van der Waals surface area (Å²) < 4.78 is 6.62.